The number of anilines is 1. The van der Waals surface area contributed by atoms with Gasteiger partial charge in [-0.3, -0.25) is 19.3 Å². The average molecular weight is 358 g/mol. The Bertz CT molecular complexity index is 712. The van der Waals surface area contributed by atoms with Gasteiger partial charge < -0.3 is 15.0 Å². The number of nitrogens with one attached hydrogen (secondary N) is 1. The first-order chi connectivity index (χ1) is 11.3. The fraction of sp³-hybridized carbons (Fsp3) is 0.286. The van der Waals surface area contributed by atoms with Gasteiger partial charge >= 0.3 is 12.0 Å². The summed E-state index contributed by atoms with van der Waals surface area (Å²) in [5, 5.41) is 2.33. The Morgan fingerprint density at radius 3 is 2.67 bits per heavy atom. The molecule has 0 unspecified atom stereocenters. The highest BCUT2D eigenvalue weighted by Gasteiger charge is 2.35. The number of ether oxygens (including phenoxy) is 1. The van der Waals surface area contributed by atoms with E-state index < -0.39 is 42.8 Å². The van der Waals surface area contributed by atoms with Gasteiger partial charge in [0.1, 0.15) is 18.9 Å². The van der Waals surface area contributed by atoms with E-state index in [0.717, 1.165) is 21.9 Å². The zero-order chi connectivity index (χ0) is 17.9. The second-order valence-corrected chi connectivity index (χ2v) is 5.36. The maximum absolute atomic E-state index is 12.9. The number of carbonyl (C=O) groups is 4. The number of carbonyl (C=O) groups excluding carboxylic acids is 4. The molecule has 0 spiro atoms. The van der Waals surface area contributed by atoms with Crippen LogP contribution in [0.15, 0.2) is 18.2 Å². The summed E-state index contributed by atoms with van der Waals surface area (Å²) in [7, 11) is 1.42. The predicted octanol–water partition coefficient (Wildman–Crippen LogP) is 0.855. The minimum Gasteiger partial charge on any atom is -0.454 e. The van der Waals surface area contributed by atoms with Crippen LogP contribution in [0.3, 0.4) is 0 Å². The molecule has 10 heteroatoms. The van der Waals surface area contributed by atoms with Crippen LogP contribution < -0.4 is 5.32 Å². The number of hydrogen-bond acceptors (Lipinski definition) is 5. The van der Waals surface area contributed by atoms with Crippen molar-refractivity contribution in [3.8, 4) is 0 Å². The average Bonchev–Trinajstić information content (AvgIpc) is 2.74. The lowest BCUT2D eigenvalue weighted by Crippen LogP contribution is -2.37. The summed E-state index contributed by atoms with van der Waals surface area (Å²) >= 11 is 5.75. The van der Waals surface area contributed by atoms with Crippen molar-refractivity contribution in [3.63, 3.8) is 0 Å². The predicted molar refractivity (Wildman–Crippen MR) is 80.7 cm³/mol. The molecule has 0 bridgehead atoms. The van der Waals surface area contributed by atoms with Gasteiger partial charge in [-0.25, -0.2) is 9.18 Å². The number of nitrogens with zero attached hydrogens (tertiary/aromatic N) is 2. The number of halogens is 2. The standard InChI is InChI=1S/C14H13ClFN3O5/c1-18-5-12(21)19(14(18)23)6-13(22)24-7-11(20)17-10-3-2-8(16)4-9(10)15/h2-4H,5-7H2,1H3,(H,17,20). The molecule has 1 aliphatic rings. The molecule has 0 radical (unpaired) electrons. The number of amides is 4. The summed E-state index contributed by atoms with van der Waals surface area (Å²) in [6.45, 7) is -1.33. The Kier molecular flexibility index (Phi) is 5.35. The second-order valence-electron chi connectivity index (χ2n) is 4.95. The summed E-state index contributed by atoms with van der Waals surface area (Å²) in [5.41, 5.74) is 0.158. The third-order valence-electron chi connectivity index (χ3n) is 3.09. The summed E-state index contributed by atoms with van der Waals surface area (Å²) in [6, 6.07) is 2.77. The van der Waals surface area contributed by atoms with E-state index in [4.69, 9.17) is 16.3 Å². The first-order valence-corrected chi connectivity index (χ1v) is 7.11. The molecule has 0 aromatic heterocycles. The molecule has 1 fully saturated rings. The van der Waals surface area contributed by atoms with Gasteiger partial charge in [0.25, 0.3) is 11.8 Å². The lowest BCUT2D eigenvalue weighted by atomic mass is 10.3. The normalized spacial score (nSPS) is 14.1. The smallest absolute Gasteiger partial charge is 0.327 e. The molecule has 1 aromatic rings. The van der Waals surface area contributed by atoms with E-state index in [0.29, 0.717) is 0 Å². The highest BCUT2D eigenvalue weighted by Crippen LogP contribution is 2.22. The van der Waals surface area contributed by atoms with E-state index in [2.05, 4.69) is 5.32 Å². The van der Waals surface area contributed by atoms with Gasteiger partial charge in [-0.1, -0.05) is 11.6 Å². The summed E-state index contributed by atoms with van der Waals surface area (Å²) < 4.78 is 17.6. The number of rotatable bonds is 5. The minimum atomic E-state index is -0.910. The second kappa shape index (κ2) is 7.26. The number of likely N-dealkylation sites (N-methyl/N-ethyl adjacent to an activating group) is 1. The molecule has 1 N–H and O–H groups in total. The van der Waals surface area contributed by atoms with Crippen molar-refractivity contribution < 1.29 is 28.3 Å². The first kappa shape index (κ1) is 17.7. The van der Waals surface area contributed by atoms with E-state index in [9.17, 15) is 23.6 Å². The number of benzene rings is 1. The molecular formula is C14H13ClFN3O5. The molecule has 4 amide bonds. The summed E-state index contributed by atoms with van der Waals surface area (Å²) in [6.07, 6.45) is 0. The van der Waals surface area contributed by atoms with Crippen LogP contribution in [0, 0.1) is 5.82 Å². The SMILES string of the molecule is CN1CC(=O)N(CC(=O)OCC(=O)Nc2ccc(F)cc2Cl)C1=O. The molecule has 1 aromatic carbocycles. The van der Waals surface area contributed by atoms with Gasteiger partial charge in [0.15, 0.2) is 6.61 Å². The van der Waals surface area contributed by atoms with Crippen LogP contribution in [0.1, 0.15) is 0 Å². The maximum Gasteiger partial charge on any atom is 0.327 e. The maximum atomic E-state index is 12.9. The highest BCUT2D eigenvalue weighted by atomic mass is 35.5. The molecule has 1 saturated heterocycles. The lowest BCUT2D eigenvalue weighted by Gasteiger charge is -2.13. The Labute approximate surface area is 141 Å². The van der Waals surface area contributed by atoms with Gasteiger partial charge in [-0.05, 0) is 18.2 Å². The third-order valence-corrected chi connectivity index (χ3v) is 3.40. The van der Waals surface area contributed by atoms with Crippen molar-refractivity contribution in [2.75, 3.05) is 32.1 Å². The molecule has 1 heterocycles. The van der Waals surface area contributed by atoms with Crippen LogP contribution in [0.4, 0.5) is 14.9 Å². The van der Waals surface area contributed by atoms with Crippen molar-refractivity contribution in [3.05, 3.63) is 29.0 Å². The quantitative estimate of drug-likeness (QED) is 0.622. The fourth-order valence-electron chi connectivity index (χ4n) is 1.92. The largest absolute Gasteiger partial charge is 0.454 e. The van der Waals surface area contributed by atoms with Gasteiger partial charge in [0, 0.05) is 7.05 Å². The molecule has 128 valence electrons. The molecular weight excluding hydrogens is 345 g/mol. The Balaban J connectivity index is 1.82. The van der Waals surface area contributed by atoms with Crippen LogP contribution in [0.5, 0.6) is 0 Å². The molecule has 1 aliphatic heterocycles. The topological polar surface area (TPSA) is 96.0 Å². The van der Waals surface area contributed by atoms with Gasteiger partial charge in [0.2, 0.25) is 0 Å². The molecule has 0 aliphatic carbocycles. The number of esters is 1. The number of hydrogen-bond donors (Lipinski definition) is 1. The molecule has 0 saturated carbocycles. The van der Waals surface area contributed by atoms with Crippen LogP contribution in [0.25, 0.3) is 0 Å². The van der Waals surface area contributed by atoms with Crippen LogP contribution in [-0.2, 0) is 19.1 Å². The zero-order valence-electron chi connectivity index (χ0n) is 12.5. The molecule has 24 heavy (non-hydrogen) atoms. The zero-order valence-corrected chi connectivity index (χ0v) is 13.3. The number of imide groups is 1. The van der Waals surface area contributed by atoms with Gasteiger partial charge in [-0.2, -0.15) is 0 Å². The summed E-state index contributed by atoms with van der Waals surface area (Å²) in [5.74, 6) is -2.70. The highest BCUT2D eigenvalue weighted by molar-refractivity contribution is 6.33. The Morgan fingerprint density at radius 2 is 2.08 bits per heavy atom. The van der Waals surface area contributed by atoms with E-state index in [-0.39, 0.29) is 17.3 Å². The summed E-state index contributed by atoms with van der Waals surface area (Å²) in [4.78, 5) is 48.3. The van der Waals surface area contributed by atoms with Crippen molar-refractivity contribution in [2.45, 2.75) is 0 Å². The van der Waals surface area contributed by atoms with Crippen molar-refractivity contribution in [1.29, 1.82) is 0 Å². The van der Waals surface area contributed by atoms with Crippen LogP contribution >= 0.6 is 11.6 Å². The van der Waals surface area contributed by atoms with Crippen molar-refractivity contribution in [1.82, 2.24) is 9.80 Å². The first-order valence-electron chi connectivity index (χ1n) is 6.74. The van der Waals surface area contributed by atoms with E-state index in [1.54, 1.807) is 0 Å². The number of urea groups is 1. The Morgan fingerprint density at radius 1 is 1.38 bits per heavy atom. The van der Waals surface area contributed by atoms with E-state index >= 15 is 0 Å². The lowest BCUT2D eigenvalue weighted by molar-refractivity contribution is -0.149. The third kappa shape index (κ3) is 4.19. The minimum absolute atomic E-state index is 0.00836. The van der Waals surface area contributed by atoms with Crippen molar-refractivity contribution in [2.24, 2.45) is 0 Å². The molecule has 2 rings (SSSR count). The fourth-order valence-corrected chi connectivity index (χ4v) is 2.14. The van der Waals surface area contributed by atoms with E-state index in [1.807, 2.05) is 0 Å². The van der Waals surface area contributed by atoms with Crippen molar-refractivity contribution >= 4 is 41.1 Å². The van der Waals surface area contributed by atoms with Gasteiger partial charge in [0.05, 0.1) is 10.7 Å². The van der Waals surface area contributed by atoms with Gasteiger partial charge in [-0.15, -0.1) is 0 Å². The van der Waals surface area contributed by atoms with E-state index in [1.165, 1.54) is 13.1 Å². The Hall–Kier alpha value is -2.68. The molecule has 0 atom stereocenters. The monoisotopic (exact) mass is 357 g/mol. The molecule has 8 nitrogen and oxygen atoms in total. The van der Waals surface area contributed by atoms with Crippen LogP contribution in [-0.4, -0.2) is 60.4 Å². The van der Waals surface area contributed by atoms with Crippen LogP contribution in [0.2, 0.25) is 5.02 Å².